The summed E-state index contributed by atoms with van der Waals surface area (Å²) in [7, 11) is 0. The van der Waals surface area contributed by atoms with Crippen molar-refractivity contribution in [2.45, 2.75) is 19.1 Å². The van der Waals surface area contributed by atoms with Crippen molar-refractivity contribution in [2.75, 3.05) is 49.1 Å². The Bertz CT molecular complexity index is 1010. The number of hydrazine groups is 1. The van der Waals surface area contributed by atoms with Crippen molar-refractivity contribution in [1.29, 1.82) is 0 Å². The number of pyridine rings is 1. The summed E-state index contributed by atoms with van der Waals surface area (Å²) >= 11 is 0. The van der Waals surface area contributed by atoms with E-state index in [1.165, 1.54) is 11.0 Å². The highest BCUT2D eigenvalue weighted by molar-refractivity contribution is 5.90. The van der Waals surface area contributed by atoms with Gasteiger partial charge in [-0.15, -0.1) is 0 Å². The largest absolute Gasteiger partial charge is 0.442 e. The average Bonchev–Trinajstić information content (AvgIpc) is 3.04. The first-order valence-corrected chi connectivity index (χ1v) is 10.9. The monoisotopic (exact) mass is 478 g/mol. The molecule has 1 aromatic heterocycles. The van der Waals surface area contributed by atoms with Crippen molar-refractivity contribution in [3.8, 4) is 0 Å². The van der Waals surface area contributed by atoms with Gasteiger partial charge in [0, 0.05) is 45.1 Å². The molecule has 2 aliphatic rings. The number of nitrogens with one attached hydrogen (secondary N) is 2. The van der Waals surface area contributed by atoms with Crippen LogP contribution < -0.4 is 20.5 Å². The zero-order chi connectivity index (χ0) is 24.1. The first kappa shape index (κ1) is 23.8. The number of hydrogen-bond acceptors (Lipinski definition) is 7. The van der Waals surface area contributed by atoms with Crippen LogP contribution in [0.1, 0.15) is 5.56 Å². The third-order valence-electron chi connectivity index (χ3n) is 5.61. The molecular formula is C22H25F3N6O3. The topological polar surface area (TPSA) is 90.0 Å². The minimum Gasteiger partial charge on any atom is -0.442 e. The highest BCUT2D eigenvalue weighted by Gasteiger charge is 2.33. The number of amides is 2. The number of carbonyl (C=O) groups is 2. The Hall–Kier alpha value is -3.38. The molecule has 12 heteroatoms. The lowest BCUT2D eigenvalue weighted by atomic mass is 10.2. The van der Waals surface area contributed by atoms with E-state index in [0.717, 1.165) is 5.56 Å². The maximum Gasteiger partial charge on any atom is 0.414 e. The molecule has 2 aliphatic heterocycles. The number of ether oxygens (including phenoxy) is 1. The van der Waals surface area contributed by atoms with E-state index in [2.05, 4.69) is 15.4 Å². The number of alkyl halides is 2. The van der Waals surface area contributed by atoms with E-state index < -0.39 is 30.3 Å². The fourth-order valence-corrected chi connectivity index (χ4v) is 3.91. The van der Waals surface area contributed by atoms with Crippen molar-refractivity contribution >= 4 is 23.4 Å². The fourth-order valence-electron chi connectivity index (χ4n) is 3.91. The number of cyclic esters (lactones) is 1. The number of anilines is 2. The predicted molar refractivity (Wildman–Crippen MR) is 118 cm³/mol. The lowest BCUT2D eigenvalue weighted by Crippen LogP contribution is -2.38. The summed E-state index contributed by atoms with van der Waals surface area (Å²) in [6.07, 6.45) is -1.15. The molecule has 2 aromatic rings. The second-order valence-electron chi connectivity index (χ2n) is 7.98. The van der Waals surface area contributed by atoms with E-state index in [1.54, 1.807) is 18.3 Å². The first-order chi connectivity index (χ1) is 16.4. The maximum absolute atomic E-state index is 15.0. The molecule has 9 nitrogen and oxygen atoms in total. The molecule has 0 unspecified atom stereocenters. The van der Waals surface area contributed by atoms with Gasteiger partial charge in [-0.1, -0.05) is 6.07 Å². The van der Waals surface area contributed by atoms with Crippen molar-refractivity contribution in [3.63, 3.8) is 0 Å². The molecule has 0 radical (unpaired) electrons. The maximum atomic E-state index is 15.0. The zero-order valence-electron chi connectivity index (χ0n) is 18.3. The summed E-state index contributed by atoms with van der Waals surface area (Å²) in [5.74, 6) is -1.92. The van der Waals surface area contributed by atoms with Crippen molar-refractivity contribution in [2.24, 2.45) is 0 Å². The van der Waals surface area contributed by atoms with Crippen molar-refractivity contribution in [1.82, 2.24) is 20.7 Å². The van der Waals surface area contributed by atoms with E-state index in [9.17, 15) is 18.4 Å². The molecule has 0 bridgehead atoms. The van der Waals surface area contributed by atoms with Crippen molar-refractivity contribution in [3.05, 3.63) is 54.1 Å². The van der Waals surface area contributed by atoms with Crippen LogP contribution in [0.3, 0.4) is 0 Å². The SMILES string of the molecule is O=C(NC[C@H]1CN(c2ccc(N3CCNN(Cc4cccnc4)CC3)c(F)c2)C(=O)O1)C(F)F. The Kier molecular flexibility index (Phi) is 7.48. The van der Waals surface area contributed by atoms with Gasteiger partial charge >= 0.3 is 12.5 Å². The van der Waals surface area contributed by atoms with E-state index in [-0.39, 0.29) is 13.1 Å². The number of aromatic nitrogens is 1. The number of benzene rings is 1. The number of rotatable bonds is 7. The summed E-state index contributed by atoms with van der Waals surface area (Å²) in [6, 6.07) is 8.36. The lowest BCUT2D eigenvalue weighted by Gasteiger charge is -2.24. The second-order valence-corrected chi connectivity index (χ2v) is 7.98. The van der Waals surface area contributed by atoms with Crippen LogP contribution in [-0.2, 0) is 16.1 Å². The summed E-state index contributed by atoms with van der Waals surface area (Å²) in [4.78, 5) is 30.5. The highest BCUT2D eigenvalue weighted by atomic mass is 19.3. The molecular weight excluding hydrogens is 453 g/mol. The predicted octanol–water partition coefficient (Wildman–Crippen LogP) is 1.75. The van der Waals surface area contributed by atoms with Gasteiger partial charge in [0.05, 0.1) is 24.5 Å². The molecule has 0 spiro atoms. The van der Waals surface area contributed by atoms with E-state index >= 15 is 4.39 Å². The summed E-state index contributed by atoms with van der Waals surface area (Å²) in [6.45, 7) is 2.94. The average molecular weight is 478 g/mol. The molecule has 2 fully saturated rings. The standard InChI is InChI=1S/C22H25F3N6O3/c23-18-10-16(31-14-17(34-22(31)33)12-27-21(32)20(24)25)3-4-19(18)29-7-6-28-30(9-8-29)13-15-2-1-5-26-11-15/h1-5,10-11,17,20,28H,6-9,12-14H2,(H,27,32)/t17-/m0/s1. The molecule has 1 atom stereocenters. The second kappa shape index (κ2) is 10.7. The van der Waals surface area contributed by atoms with Gasteiger partial charge in [-0.25, -0.2) is 14.2 Å². The quantitative estimate of drug-likeness (QED) is 0.627. The summed E-state index contributed by atoms with van der Waals surface area (Å²) < 4.78 is 44.8. The fraction of sp³-hybridized carbons (Fsp3) is 0.409. The minimum atomic E-state index is -3.15. The van der Waals surface area contributed by atoms with E-state index in [1.807, 2.05) is 28.5 Å². The van der Waals surface area contributed by atoms with Crippen LogP contribution >= 0.6 is 0 Å². The molecule has 2 N–H and O–H groups in total. The molecule has 2 saturated heterocycles. The van der Waals surface area contributed by atoms with Crippen LogP contribution in [0.2, 0.25) is 0 Å². The van der Waals surface area contributed by atoms with Gasteiger partial charge in [0.15, 0.2) is 0 Å². The molecule has 3 heterocycles. The van der Waals surface area contributed by atoms with Crippen LogP contribution in [0.25, 0.3) is 0 Å². The van der Waals surface area contributed by atoms with Crippen LogP contribution in [0.4, 0.5) is 29.3 Å². The molecule has 2 amide bonds. The number of carbonyl (C=O) groups excluding carboxylic acids is 2. The first-order valence-electron chi connectivity index (χ1n) is 10.9. The number of nitrogens with zero attached hydrogens (tertiary/aromatic N) is 4. The van der Waals surface area contributed by atoms with E-state index in [0.29, 0.717) is 44.1 Å². The van der Waals surface area contributed by atoms with Gasteiger partial charge in [-0.3, -0.25) is 20.1 Å². The Labute approximate surface area is 194 Å². The normalized spacial score (nSPS) is 19.3. The Morgan fingerprint density at radius 1 is 1.26 bits per heavy atom. The van der Waals surface area contributed by atoms with Gasteiger partial charge in [-0.2, -0.15) is 8.78 Å². The van der Waals surface area contributed by atoms with Gasteiger partial charge < -0.3 is 15.0 Å². The summed E-state index contributed by atoms with van der Waals surface area (Å²) in [5.41, 5.74) is 5.12. The molecule has 0 aliphatic carbocycles. The van der Waals surface area contributed by atoms with Crippen LogP contribution in [-0.4, -0.2) is 73.8 Å². The highest BCUT2D eigenvalue weighted by Crippen LogP contribution is 2.28. The van der Waals surface area contributed by atoms with Crippen LogP contribution in [0.5, 0.6) is 0 Å². The Balaban J connectivity index is 1.35. The van der Waals surface area contributed by atoms with Crippen LogP contribution in [0.15, 0.2) is 42.7 Å². The van der Waals surface area contributed by atoms with Crippen LogP contribution in [0, 0.1) is 5.82 Å². The van der Waals surface area contributed by atoms with Gasteiger partial charge in [0.2, 0.25) is 0 Å². The summed E-state index contributed by atoms with van der Waals surface area (Å²) in [5, 5.41) is 4.08. The minimum absolute atomic E-state index is 0.0120. The van der Waals surface area contributed by atoms with Crippen molar-refractivity contribution < 1.29 is 27.5 Å². The molecule has 1 aromatic carbocycles. The smallest absolute Gasteiger partial charge is 0.414 e. The van der Waals surface area contributed by atoms with Gasteiger partial charge in [0.25, 0.3) is 5.91 Å². The molecule has 182 valence electrons. The third kappa shape index (κ3) is 5.75. The zero-order valence-corrected chi connectivity index (χ0v) is 18.3. The molecule has 4 rings (SSSR count). The number of hydrogen-bond donors (Lipinski definition) is 2. The molecule has 34 heavy (non-hydrogen) atoms. The molecule has 0 saturated carbocycles. The van der Waals surface area contributed by atoms with Gasteiger partial charge in [0.1, 0.15) is 11.9 Å². The Morgan fingerprint density at radius 2 is 2.12 bits per heavy atom. The number of halogens is 3. The van der Waals surface area contributed by atoms with E-state index in [4.69, 9.17) is 4.74 Å². The lowest BCUT2D eigenvalue weighted by molar-refractivity contribution is -0.132. The Morgan fingerprint density at radius 3 is 2.85 bits per heavy atom. The third-order valence-corrected chi connectivity index (χ3v) is 5.61. The van der Waals surface area contributed by atoms with Gasteiger partial charge in [-0.05, 0) is 29.8 Å².